The van der Waals surface area contributed by atoms with E-state index >= 15 is 0 Å². The lowest BCUT2D eigenvalue weighted by molar-refractivity contribution is -0.118. The van der Waals surface area contributed by atoms with Crippen molar-refractivity contribution in [3.05, 3.63) is 24.3 Å². The fourth-order valence-corrected chi connectivity index (χ4v) is 4.71. The highest BCUT2D eigenvalue weighted by molar-refractivity contribution is 7.92. The van der Waals surface area contributed by atoms with Crippen LogP contribution in [0.3, 0.4) is 0 Å². The molecule has 1 saturated carbocycles. The van der Waals surface area contributed by atoms with E-state index in [0.29, 0.717) is 17.8 Å². The highest BCUT2D eigenvalue weighted by atomic mass is 32.2. The van der Waals surface area contributed by atoms with Gasteiger partial charge in [0, 0.05) is 11.6 Å². The monoisotopic (exact) mass is 351 g/mol. The molecule has 3 N–H and O–H groups in total. The number of nitrogens with one attached hydrogen (secondary N) is 3. The standard InChI is InChI=1S/C17H25N3O3S/c1-2-10-24(22,23)20-14-5-3-4-13(11-14)19-16(21)15-12-17(15)6-8-18-9-7-17/h3-5,11,15,18,20H,2,6-10,12H2,1H3,(H,19,21). The molecule has 0 radical (unpaired) electrons. The maximum atomic E-state index is 12.5. The average Bonchev–Trinajstić information content (AvgIpc) is 3.21. The minimum atomic E-state index is -3.33. The van der Waals surface area contributed by atoms with Crippen LogP contribution >= 0.6 is 0 Å². The van der Waals surface area contributed by atoms with E-state index in [1.807, 2.05) is 6.92 Å². The number of amides is 1. The Hall–Kier alpha value is -1.60. The molecule has 2 aliphatic rings. The molecule has 1 aromatic rings. The minimum Gasteiger partial charge on any atom is -0.326 e. The fourth-order valence-electron chi connectivity index (χ4n) is 3.58. The van der Waals surface area contributed by atoms with Gasteiger partial charge in [0.2, 0.25) is 15.9 Å². The van der Waals surface area contributed by atoms with Crippen molar-refractivity contribution < 1.29 is 13.2 Å². The molecule has 0 bridgehead atoms. The van der Waals surface area contributed by atoms with Crippen LogP contribution in [0.15, 0.2) is 24.3 Å². The number of carbonyl (C=O) groups is 1. The number of sulfonamides is 1. The van der Waals surface area contributed by atoms with E-state index in [-0.39, 0.29) is 23.0 Å². The Bertz CT molecular complexity index is 712. The summed E-state index contributed by atoms with van der Waals surface area (Å²) in [5, 5.41) is 6.27. The molecule has 1 aliphatic heterocycles. The van der Waals surface area contributed by atoms with E-state index in [1.165, 1.54) is 0 Å². The predicted octanol–water partition coefficient (Wildman–Crippen LogP) is 2.17. The molecule has 3 rings (SSSR count). The van der Waals surface area contributed by atoms with Crippen LogP contribution in [-0.2, 0) is 14.8 Å². The highest BCUT2D eigenvalue weighted by Gasteiger charge is 2.57. The molecule has 1 unspecified atom stereocenters. The van der Waals surface area contributed by atoms with Gasteiger partial charge in [-0.05, 0) is 62.4 Å². The molecular formula is C17H25N3O3S. The van der Waals surface area contributed by atoms with Crippen LogP contribution in [-0.4, -0.2) is 33.2 Å². The van der Waals surface area contributed by atoms with E-state index in [0.717, 1.165) is 32.4 Å². The second kappa shape index (κ2) is 6.72. The number of hydrogen-bond acceptors (Lipinski definition) is 4. The lowest BCUT2D eigenvalue weighted by atomic mass is 9.92. The Morgan fingerprint density at radius 3 is 2.71 bits per heavy atom. The summed E-state index contributed by atoms with van der Waals surface area (Å²) in [5.41, 5.74) is 1.30. The third kappa shape index (κ3) is 3.89. The third-order valence-corrected chi connectivity index (χ3v) is 6.47. The van der Waals surface area contributed by atoms with Crippen LogP contribution in [0.2, 0.25) is 0 Å². The second-order valence-electron chi connectivity index (χ2n) is 6.86. The van der Waals surface area contributed by atoms with Crippen LogP contribution in [0.5, 0.6) is 0 Å². The summed E-state index contributed by atoms with van der Waals surface area (Å²) in [4.78, 5) is 12.5. The number of rotatable bonds is 6. The molecule has 132 valence electrons. The number of anilines is 2. The van der Waals surface area contributed by atoms with Gasteiger partial charge in [-0.25, -0.2) is 8.42 Å². The summed E-state index contributed by atoms with van der Waals surface area (Å²) in [6.45, 7) is 3.79. The van der Waals surface area contributed by atoms with Gasteiger partial charge in [0.05, 0.1) is 11.4 Å². The molecule has 1 aliphatic carbocycles. The molecule has 2 fully saturated rings. The van der Waals surface area contributed by atoms with E-state index in [2.05, 4.69) is 15.4 Å². The first-order valence-corrected chi connectivity index (χ1v) is 10.2. The molecule has 6 nitrogen and oxygen atoms in total. The molecule has 1 spiro atoms. The number of carbonyl (C=O) groups excluding carboxylic acids is 1. The number of benzene rings is 1. The molecule has 1 atom stereocenters. The molecule has 1 heterocycles. The van der Waals surface area contributed by atoms with Crippen molar-refractivity contribution in [1.82, 2.24) is 5.32 Å². The number of hydrogen-bond donors (Lipinski definition) is 3. The quantitative estimate of drug-likeness (QED) is 0.733. The van der Waals surface area contributed by atoms with Crippen molar-refractivity contribution in [2.75, 3.05) is 28.9 Å². The Kier molecular flexibility index (Phi) is 4.83. The largest absolute Gasteiger partial charge is 0.326 e. The smallest absolute Gasteiger partial charge is 0.232 e. The Morgan fingerprint density at radius 1 is 1.29 bits per heavy atom. The molecule has 0 aromatic heterocycles. The summed E-state index contributed by atoms with van der Waals surface area (Å²) in [7, 11) is -3.33. The Balaban J connectivity index is 1.62. The lowest BCUT2D eigenvalue weighted by Crippen LogP contribution is -2.31. The molecule has 1 aromatic carbocycles. The van der Waals surface area contributed by atoms with E-state index in [9.17, 15) is 13.2 Å². The summed E-state index contributed by atoms with van der Waals surface area (Å²) in [5.74, 6) is 0.216. The van der Waals surface area contributed by atoms with Crippen LogP contribution in [0.1, 0.15) is 32.6 Å². The van der Waals surface area contributed by atoms with Gasteiger partial charge in [-0.1, -0.05) is 13.0 Å². The zero-order valence-corrected chi connectivity index (χ0v) is 14.8. The van der Waals surface area contributed by atoms with Gasteiger partial charge in [-0.15, -0.1) is 0 Å². The molecule has 1 saturated heterocycles. The van der Waals surface area contributed by atoms with Crippen molar-refractivity contribution in [2.45, 2.75) is 32.6 Å². The first-order valence-electron chi connectivity index (χ1n) is 8.56. The normalized spacial score (nSPS) is 22.1. The van der Waals surface area contributed by atoms with Crippen molar-refractivity contribution in [1.29, 1.82) is 0 Å². The van der Waals surface area contributed by atoms with Gasteiger partial charge in [0.25, 0.3) is 0 Å². The van der Waals surface area contributed by atoms with Crippen molar-refractivity contribution in [2.24, 2.45) is 11.3 Å². The minimum absolute atomic E-state index is 0.0467. The first kappa shape index (κ1) is 17.2. The summed E-state index contributed by atoms with van der Waals surface area (Å²) >= 11 is 0. The molecule has 1 amide bonds. The van der Waals surface area contributed by atoms with Gasteiger partial charge in [0.15, 0.2) is 0 Å². The highest BCUT2D eigenvalue weighted by Crippen LogP contribution is 2.58. The third-order valence-electron chi connectivity index (χ3n) is 4.98. The fraction of sp³-hybridized carbons (Fsp3) is 0.588. The van der Waals surface area contributed by atoms with Crippen LogP contribution in [0, 0.1) is 11.3 Å². The van der Waals surface area contributed by atoms with Crippen molar-refractivity contribution >= 4 is 27.3 Å². The molecule has 24 heavy (non-hydrogen) atoms. The van der Waals surface area contributed by atoms with E-state index in [4.69, 9.17) is 0 Å². The first-order chi connectivity index (χ1) is 11.4. The Morgan fingerprint density at radius 2 is 2.00 bits per heavy atom. The van der Waals surface area contributed by atoms with Gasteiger partial charge >= 0.3 is 0 Å². The van der Waals surface area contributed by atoms with Crippen molar-refractivity contribution in [3.63, 3.8) is 0 Å². The van der Waals surface area contributed by atoms with Gasteiger partial charge in [0.1, 0.15) is 0 Å². The van der Waals surface area contributed by atoms with Crippen LogP contribution in [0.25, 0.3) is 0 Å². The van der Waals surface area contributed by atoms with Gasteiger partial charge in [-0.3, -0.25) is 9.52 Å². The Labute approximate surface area is 143 Å². The summed E-state index contributed by atoms with van der Waals surface area (Å²) in [6, 6.07) is 6.89. The summed E-state index contributed by atoms with van der Waals surface area (Å²) in [6.07, 6.45) is 3.64. The van der Waals surface area contributed by atoms with Crippen LogP contribution in [0.4, 0.5) is 11.4 Å². The maximum absolute atomic E-state index is 12.5. The van der Waals surface area contributed by atoms with E-state index in [1.54, 1.807) is 24.3 Å². The zero-order chi connectivity index (χ0) is 17.2. The van der Waals surface area contributed by atoms with Crippen molar-refractivity contribution in [3.8, 4) is 0 Å². The van der Waals surface area contributed by atoms with E-state index < -0.39 is 10.0 Å². The SMILES string of the molecule is CCCS(=O)(=O)Nc1cccc(NC(=O)C2CC23CCNCC3)c1. The lowest BCUT2D eigenvalue weighted by Gasteiger charge is -2.23. The van der Waals surface area contributed by atoms with Crippen LogP contribution < -0.4 is 15.4 Å². The van der Waals surface area contributed by atoms with Gasteiger partial charge < -0.3 is 10.6 Å². The zero-order valence-electron chi connectivity index (χ0n) is 14.0. The molecule has 7 heteroatoms. The predicted molar refractivity (Wildman–Crippen MR) is 95.4 cm³/mol. The maximum Gasteiger partial charge on any atom is 0.232 e. The number of piperidine rings is 1. The molecular weight excluding hydrogens is 326 g/mol. The summed E-state index contributed by atoms with van der Waals surface area (Å²) < 4.78 is 26.2. The topological polar surface area (TPSA) is 87.3 Å². The second-order valence-corrected chi connectivity index (χ2v) is 8.70. The average molecular weight is 351 g/mol. The van der Waals surface area contributed by atoms with Gasteiger partial charge in [-0.2, -0.15) is 0 Å².